The van der Waals surface area contributed by atoms with Gasteiger partial charge in [0.15, 0.2) is 5.82 Å². The van der Waals surface area contributed by atoms with E-state index >= 15 is 0 Å². The Morgan fingerprint density at radius 3 is 2.78 bits per heavy atom. The zero-order valence-corrected chi connectivity index (χ0v) is 12.5. The second-order valence-electron chi connectivity index (χ2n) is 4.86. The largest absolute Gasteiger partial charge is 0.339 e. The lowest BCUT2D eigenvalue weighted by molar-refractivity contribution is 0.359. The van der Waals surface area contributed by atoms with Crippen LogP contribution in [0.5, 0.6) is 0 Å². The van der Waals surface area contributed by atoms with Crippen LogP contribution in [0.15, 0.2) is 4.52 Å². The van der Waals surface area contributed by atoms with Crippen LogP contribution in [0.25, 0.3) is 0 Å². The van der Waals surface area contributed by atoms with Gasteiger partial charge in [-0.15, -0.1) is 0 Å². The minimum atomic E-state index is 0.625. The fourth-order valence-electron chi connectivity index (χ4n) is 1.58. The third kappa shape index (κ3) is 5.87. The van der Waals surface area contributed by atoms with E-state index in [0.29, 0.717) is 11.2 Å². The number of aryl methyl sites for hydroxylation is 1. The molecule has 0 spiro atoms. The summed E-state index contributed by atoms with van der Waals surface area (Å²) in [4.78, 5) is 4.42. The number of hydrogen-bond donors (Lipinski definition) is 1. The van der Waals surface area contributed by atoms with Gasteiger partial charge in [0.1, 0.15) is 0 Å². The quantitative estimate of drug-likeness (QED) is 0.748. The number of hydrogen-bond acceptors (Lipinski definition) is 5. The Hall–Kier alpha value is -0.550. The molecule has 0 fully saturated rings. The number of thioether (sulfide) groups is 1. The molecule has 0 amide bonds. The van der Waals surface area contributed by atoms with Gasteiger partial charge < -0.3 is 10.3 Å². The zero-order valence-electron chi connectivity index (χ0n) is 11.7. The van der Waals surface area contributed by atoms with Crippen LogP contribution < -0.4 is 5.73 Å². The second-order valence-corrected chi connectivity index (χ2v) is 6.28. The maximum absolute atomic E-state index is 5.53. The molecule has 1 rings (SSSR count). The molecule has 0 saturated heterocycles. The molecule has 0 saturated carbocycles. The molecule has 18 heavy (non-hydrogen) atoms. The van der Waals surface area contributed by atoms with E-state index in [9.17, 15) is 0 Å². The first-order valence-corrected chi connectivity index (χ1v) is 7.83. The first kappa shape index (κ1) is 15.5. The number of aromatic nitrogens is 2. The third-order valence-electron chi connectivity index (χ3n) is 3.09. The van der Waals surface area contributed by atoms with Crippen molar-refractivity contribution in [1.82, 2.24) is 10.1 Å². The van der Waals surface area contributed by atoms with Crippen LogP contribution in [-0.2, 0) is 12.2 Å². The lowest BCUT2D eigenvalue weighted by Crippen LogP contribution is -2.06. The van der Waals surface area contributed by atoms with Crippen molar-refractivity contribution < 1.29 is 4.52 Å². The normalized spacial score (nSPS) is 14.7. The van der Waals surface area contributed by atoms with Crippen molar-refractivity contribution in [3.8, 4) is 0 Å². The number of rotatable bonds is 9. The van der Waals surface area contributed by atoms with Gasteiger partial charge in [-0.25, -0.2) is 0 Å². The topological polar surface area (TPSA) is 64.9 Å². The minimum Gasteiger partial charge on any atom is -0.339 e. The monoisotopic (exact) mass is 271 g/mol. The lowest BCUT2D eigenvalue weighted by Gasteiger charge is -2.06. The highest BCUT2D eigenvalue weighted by Crippen LogP contribution is 2.18. The molecule has 2 atom stereocenters. The van der Waals surface area contributed by atoms with E-state index in [1.165, 1.54) is 6.42 Å². The highest BCUT2D eigenvalue weighted by atomic mass is 32.2. The number of nitrogens with two attached hydrogens (primary N) is 1. The summed E-state index contributed by atoms with van der Waals surface area (Å²) in [6.45, 7) is 7.38. The summed E-state index contributed by atoms with van der Waals surface area (Å²) >= 11 is 1.87. The molecule has 0 radical (unpaired) electrons. The fraction of sp³-hybridized carbons (Fsp3) is 0.846. The van der Waals surface area contributed by atoms with Gasteiger partial charge >= 0.3 is 0 Å². The molecule has 4 nitrogen and oxygen atoms in total. The van der Waals surface area contributed by atoms with Crippen molar-refractivity contribution in [2.45, 2.75) is 57.5 Å². The summed E-state index contributed by atoms with van der Waals surface area (Å²) < 4.78 is 5.25. The molecule has 0 aliphatic heterocycles. The predicted octanol–water partition coefficient (Wildman–Crippen LogP) is 3.02. The van der Waals surface area contributed by atoms with Crippen molar-refractivity contribution in [2.24, 2.45) is 11.7 Å². The van der Waals surface area contributed by atoms with Gasteiger partial charge in [0.25, 0.3) is 0 Å². The Kier molecular flexibility index (Phi) is 7.35. The summed E-state index contributed by atoms with van der Waals surface area (Å²) in [6, 6.07) is 0. The second kappa shape index (κ2) is 8.53. The van der Waals surface area contributed by atoms with Gasteiger partial charge in [-0.2, -0.15) is 16.7 Å². The summed E-state index contributed by atoms with van der Waals surface area (Å²) in [5, 5.41) is 4.66. The average molecular weight is 271 g/mol. The van der Waals surface area contributed by atoms with Gasteiger partial charge in [0.05, 0.1) is 5.75 Å². The van der Waals surface area contributed by atoms with Gasteiger partial charge in [0, 0.05) is 11.7 Å². The lowest BCUT2D eigenvalue weighted by atomic mass is 10.0. The Balaban J connectivity index is 2.29. The van der Waals surface area contributed by atoms with Crippen molar-refractivity contribution in [1.29, 1.82) is 0 Å². The van der Waals surface area contributed by atoms with Crippen molar-refractivity contribution in [3.63, 3.8) is 0 Å². The fourth-order valence-corrected chi connectivity index (χ4v) is 2.37. The Morgan fingerprint density at radius 1 is 1.33 bits per heavy atom. The molecule has 1 aromatic heterocycles. The molecule has 2 unspecified atom stereocenters. The minimum absolute atomic E-state index is 0.625. The first-order valence-electron chi connectivity index (χ1n) is 6.78. The van der Waals surface area contributed by atoms with Gasteiger partial charge in [-0.1, -0.05) is 25.9 Å². The molecule has 0 bridgehead atoms. The zero-order chi connectivity index (χ0) is 13.4. The smallest absolute Gasteiger partial charge is 0.226 e. The van der Waals surface area contributed by atoms with Crippen molar-refractivity contribution in [2.75, 3.05) is 6.54 Å². The Morgan fingerprint density at radius 2 is 2.11 bits per heavy atom. The van der Waals surface area contributed by atoms with Crippen LogP contribution in [-0.4, -0.2) is 21.9 Å². The molecule has 0 aliphatic carbocycles. The Bertz CT molecular complexity index is 330. The van der Waals surface area contributed by atoms with E-state index in [2.05, 4.69) is 30.9 Å². The van der Waals surface area contributed by atoms with E-state index in [-0.39, 0.29) is 0 Å². The van der Waals surface area contributed by atoms with E-state index in [4.69, 9.17) is 10.3 Å². The third-order valence-corrected chi connectivity index (χ3v) is 4.42. The molecule has 1 aromatic rings. The maximum atomic E-state index is 5.53. The van der Waals surface area contributed by atoms with Crippen molar-refractivity contribution >= 4 is 11.8 Å². The van der Waals surface area contributed by atoms with Gasteiger partial charge in [-0.3, -0.25) is 0 Å². The highest BCUT2D eigenvalue weighted by Gasteiger charge is 2.09. The van der Waals surface area contributed by atoms with E-state index < -0.39 is 0 Å². The summed E-state index contributed by atoms with van der Waals surface area (Å²) in [7, 11) is 0. The molecule has 104 valence electrons. The van der Waals surface area contributed by atoms with Crippen LogP contribution in [0.3, 0.4) is 0 Å². The molecule has 1 heterocycles. The SMILES string of the molecule is CCC(C)SCc1noc(CCC(C)CCN)n1. The molecule has 2 N–H and O–H groups in total. The summed E-state index contributed by atoms with van der Waals surface area (Å²) in [6.07, 6.45) is 4.16. The molecular formula is C13H25N3OS. The van der Waals surface area contributed by atoms with Crippen LogP contribution in [0.1, 0.15) is 51.7 Å². The molecule has 0 aliphatic rings. The first-order chi connectivity index (χ1) is 8.65. The summed E-state index contributed by atoms with van der Waals surface area (Å²) in [5.41, 5.74) is 5.53. The molecule has 0 aromatic carbocycles. The van der Waals surface area contributed by atoms with E-state index in [0.717, 1.165) is 43.3 Å². The summed E-state index contributed by atoms with van der Waals surface area (Å²) in [5.74, 6) is 3.05. The standard InChI is InChI=1S/C13H25N3OS/c1-4-11(3)18-9-12-15-13(17-16-12)6-5-10(2)7-8-14/h10-11H,4-9,14H2,1-3H3. The molecule has 5 heteroatoms. The number of nitrogens with zero attached hydrogens (tertiary/aromatic N) is 2. The van der Waals surface area contributed by atoms with Crippen LogP contribution >= 0.6 is 11.8 Å². The van der Waals surface area contributed by atoms with E-state index in [1.807, 2.05) is 11.8 Å². The van der Waals surface area contributed by atoms with Crippen molar-refractivity contribution in [3.05, 3.63) is 11.7 Å². The maximum Gasteiger partial charge on any atom is 0.226 e. The Labute approximate surface area is 114 Å². The average Bonchev–Trinajstić information content (AvgIpc) is 2.82. The van der Waals surface area contributed by atoms with E-state index in [1.54, 1.807) is 0 Å². The van der Waals surface area contributed by atoms with Crippen LogP contribution in [0, 0.1) is 5.92 Å². The van der Waals surface area contributed by atoms with Crippen LogP contribution in [0.4, 0.5) is 0 Å². The van der Waals surface area contributed by atoms with Gasteiger partial charge in [0.2, 0.25) is 5.89 Å². The molecular weight excluding hydrogens is 246 g/mol. The highest BCUT2D eigenvalue weighted by molar-refractivity contribution is 7.99. The van der Waals surface area contributed by atoms with Gasteiger partial charge in [-0.05, 0) is 31.7 Å². The van der Waals surface area contributed by atoms with Crippen LogP contribution in [0.2, 0.25) is 0 Å². The predicted molar refractivity (Wildman–Crippen MR) is 76.5 cm³/mol.